The second kappa shape index (κ2) is 5.66. The van der Waals surface area contributed by atoms with Crippen LogP contribution in [0, 0.1) is 16.0 Å². The van der Waals surface area contributed by atoms with Gasteiger partial charge in [-0.15, -0.1) is 0 Å². The van der Waals surface area contributed by atoms with Gasteiger partial charge in [0, 0.05) is 25.1 Å². The normalized spacial score (nSPS) is 18.2. The van der Waals surface area contributed by atoms with Crippen LogP contribution in [0.2, 0.25) is 0 Å². The molecule has 1 heterocycles. The van der Waals surface area contributed by atoms with E-state index in [0.717, 1.165) is 12.5 Å². The number of aromatic hydroxyl groups is 1. The van der Waals surface area contributed by atoms with Crippen LogP contribution in [0.15, 0.2) is 18.2 Å². The molecule has 0 bridgehead atoms. The zero-order valence-corrected chi connectivity index (χ0v) is 10.2. The fourth-order valence-electron chi connectivity index (χ4n) is 1.94. The summed E-state index contributed by atoms with van der Waals surface area (Å²) in [4.78, 5) is 21.8. The van der Waals surface area contributed by atoms with Crippen molar-refractivity contribution in [1.29, 1.82) is 0 Å². The number of ether oxygens (including phenoxy) is 1. The molecule has 1 atom stereocenters. The summed E-state index contributed by atoms with van der Waals surface area (Å²) in [6, 6.07) is 3.87. The zero-order valence-electron chi connectivity index (χ0n) is 10.2. The van der Waals surface area contributed by atoms with E-state index >= 15 is 0 Å². The topological polar surface area (TPSA) is 102 Å². The lowest BCUT2D eigenvalue weighted by Crippen LogP contribution is -2.29. The smallest absolute Gasteiger partial charge is 0.311 e. The summed E-state index contributed by atoms with van der Waals surface area (Å²) in [6.07, 6.45) is 0.876. The quantitative estimate of drug-likeness (QED) is 0.627. The maximum absolute atomic E-state index is 11.9. The number of para-hydroxylation sites is 1. The van der Waals surface area contributed by atoms with E-state index in [1.54, 1.807) is 0 Å². The maximum Gasteiger partial charge on any atom is 0.311 e. The molecule has 0 spiro atoms. The van der Waals surface area contributed by atoms with Crippen molar-refractivity contribution >= 4 is 11.6 Å². The Kier molecular flexibility index (Phi) is 3.96. The van der Waals surface area contributed by atoms with Gasteiger partial charge in [0.05, 0.1) is 17.1 Å². The number of rotatable bonds is 4. The third-order valence-corrected chi connectivity index (χ3v) is 3.03. The number of nitrogens with one attached hydrogen (secondary N) is 1. The molecular formula is C12H14N2O5. The van der Waals surface area contributed by atoms with Crippen molar-refractivity contribution in [1.82, 2.24) is 5.32 Å². The van der Waals surface area contributed by atoms with E-state index in [9.17, 15) is 20.0 Å². The molecule has 2 N–H and O–H groups in total. The standard InChI is InChI=1S/C12H14N2O5/c15-11-9(2-1-3-10(11)14(17)18)12(16)13-6-8-4-5-19-7-8/h1-3,8,15H,4-7H2,(H,13,16)/t8-/m1/s1. The van der Waals surface area contributed by atoms with Crippen molar-refractivity contribution < 1.29 is 19.6 Å². The first-order valence-corrected chi connectivity index (χ1v) is 5.92. The van der Waals surface area contributed by atoms with E-state index in [1.165, 1.54) is 12.1 Å². The van der Waals surface area contributed by atoms with Gasteiger partial charge in [-0.25, -0.2) is 0 Å². The van der Waals surface area contributed by atoms with Gasteiger partial charge in [0.1, 0.15) is 0 Å². The number of carbonyl (C=O) groups is 1. The van der Waals surface area contributed by atoms with Gasteiger partial charge in [-0.1, -0.05) is 6.07 Å². The number of hydrogen-bond donors (Lipinski definition) is 2. The molecule has 0 radical (unpaired) electrons. The Morgan fingerprint density at radius 3 is 3.00 bits per heavy atom. The Labute approximate surface area is 109 Å². The number of benzene rings is 1. The average molecular weight is 266 g/mol. The minimum Gasteiger partial charge on any atom is -0.502 e. The molecule has 1 amide bonds. The number of carbonyl (C=O) groups excluding carboxylic acids is 1. The summed E-state index contributed by atoms with van der Waals surface area (Å²) in [5.74, 6) is -0.870. The number of nitrogens with zero attached hydrogens (tertiary/aromatic N) is 1. The fourth-order valence-corrected chi connectivity index (χ4v) is 1.94. The first kappa shape index (κ1) is 13.3. The first-order valence-electron chi connectivity index (χ1n) is 5.92. The predicted octanol–water partition coefficient (Wildman–Crippen LogP) is 1.07. The van der Waals surface area contributed by atoms with E-state index < -0.39 is 22.3 Å². The highest BCUT2D eigenvalue weighted by molar-refractivity contribution is 5.98. The van der Waals surface area contributed by atoms with Crippen molar-refractivity contribution in [3.8, 4) is 5.75 Å². The summed E-state index contributed by atoms with van der Waals surface area (Å²) in [7, 11) is 0. The van der Waals surface area contributed by atoms with Crippen molar-refractivity contribution in [2.24, 2.45) is 5.92 Å². The maximum atomic E-state index is 11.9. The Morgan fingerprint density at radius 2 is 2.37 bits per heavy atom. The Balaban J connectivity index is 2.06. The van der Waals surface area contributed by atoms with Gasteiger partial charge in [0.25, 0.3) is 5.91 Å². The van der Waals surface area contributed by atoms with E-state index in [1.807, 2.05) is 0 Å². The van der Waals surface area contributed by atoms with Crippen LogP contribution in [0.3, 0.4) is 0 Å². The number of nitro groups is 1. The molecule has 7 heteroatoms. The molecule has 19 heavy (non-hydrogen) atoms. The lowest BCUT2D eigenvalue weighted by atomic mass is 10.1. The molecular weight excluding hydrogens is 252 g/mol. The summed E-state index contributed by atoms with van der Waals surface area (Å²) < 4.78 is 5.18. The SMILES string of the molecule is O=C(NC[C@H]1CCOC1)c1cccc([N+](=O)[O-])c1O. The summed E-state index contributed by atoms with van der Waals surface area (Å²) in [5.41, 5.74) is -0.565. The highest BCUT2D eigenvalue weighted by Gasteiger charge is 2.22. The van der Waals surface area contributed by atoms with Crippen molar-refractivity contribution in [2.75, 3.05) is 19.8 Å². The Morgan fingerprint density at radius 1 is 1.58 bits per heavy atom. The third-order valence-electron chi connectivity index (χ3n) is 3.03. The molecule has 1 fully saturated rings. The molecule has 1 aromatic rings. The average Bonchev–Trinajstić information content (AvgIpc) is 2.89. The largest absolute Gasteiger partial charge is 0.502 e. The van der Waals surface area contributed by atoms with Crippen molar-refractivity contribution in [3.63, 3.8) is 0 Å². The monoisotopic (exact) mass is 266 g/mol. The van der Waals surface area contributed by atoms with E-state index in [-0.39, 0.29) is 11.5 Å². The van der Waals surface area contributed by atoms with Crippen LogP contribution in [0.1, 0.15) is 16.8 Å². The Bertz CT molecular complexity index is 497. The highest BCUT2D eigenvalue weighted by atomic mass is 16.6. The molecule has 102 valence electrons. The third kappa shape index (κ3) is 3.00. The molecule has 0 aromatic heterocycles. The molecule has 0 saturated carbocycles. The molecule has 1 aromatic carbocycles. The van der Waals surface area contributed by atoms with Crippen LogP contribution < -0.4 is 5.32 Å². The van der Waals surface area contributed by atoms with Gasteiger partial charge >= 0.3 is 5.69 Å². The summed E-state index contributed by atoms with van der Waals surface area (Å²) >= 11 is 0. The van der Waals surface area contributed by atoms with Crippen LogP contribution in [-0.4, -0.2) is 35.7 Å². The van der Waals surface area contributed by atoms with Crippen molar-refractivity contribution in [3.05, 3.63) is 33.9 Å². The second-order valence-corrected chi connectivity index (χ2v) is 4.37. The van der Waals surface area contributed by atoms with Gasteiger partial charge in [-0.3, -0.25) is 14.9 Å². The van der Waals surface area contributed by atoms with Crippen LogP contribution in [0.5, 0.6) is 5.75 Å². The van der Waals surface area contributed by atoms with E-state index in [2.05, 4.69) is 5.32 Å². The molecule has 1 aliphatic rings. The van der Waals surface area contributed by atoms with Gasteiger partial charge in [-0.2, -0.15) is 0 Å². The van der Waals surface area contributed by atoms with Crippen LogP contribution in [0.25, 0.3) is 0 Å². The predicted molar refractivity (Wildman–Crippen MR) is 66.0 cm³/mol. The molecule has 7 nitrogen and oxygen atoms in total. The fraction of sp³-hybridized carbons (Fsp3) is 0.417. The number of phenolic OH excluding ortho intramolecular Hbond substituents is 1. The van der Waals surface area contributed by atoms with Crippen LogP contribution >= 0.6 is 0 Å². The van der Waals surface area contributed by atoms with Gasteiger partial charge in [0.2, 0.25) is 5.75 Å². The molecule has 0 aliphatic carbocycles. The Hall–Kier alpha value is -2.15. The molecule has 1 aliphatic heterocycles. The number of amides is 1. The van der Waals surface area contributed by atoms with E-state index in [4.69, 9.17) is 4.74 Å². The summed E-state index contributed by atoms with van der Waals surface area (Å²) in [6.45, 7) is 1.71. The minimum absolute atomic E-state index is 0.0897. The number of nitro benzene ring substituents is 1. The van der Waals surface area contributed by atoms with Crippen LogP contribution in [0.4, 0.5) is 5.69 Å². The number of hydrogen-bond acceptors (Lipinski definition) is 5. The van der Waals surface area contributed by atoms with Crippen LogP contribution in [-0.2, 0) is 4.74 Å². The zero-order chi connectivity index (χ0) is 13.8. The van der Waals surface area contributed by atoms with Crippen molar-refractivity contribution in [2.45, 2.75) is 6.42 Å². The van der Waals surface area contributed by atoms with Gasteiger partial charge in [0.15, 0.2) is 0 Å². The minimum atomic E-state index is -0.725. The van der Waals surface area contributed by atoms with E-state index in [0.29, 0.717) is 19.8 Å². The first-order chi connectivity index (χ1) is 9.09. The summed E-state index contributed by atoms with van der Waals surface area (Å²) in [5, 5.41) is 23.0. The lowest BCUT2D eigenvalue weighted by molar-refractivity contribution is -0.385. The number of phenols is 1. The van der Waals surface area contributed by atoms with Gasteiger partial charge in [-0.05, 0) is 12.5 Å². The van der Waals surface area contributed by atoms with Gasteiger partial charge < -0.3 is 15.2 Å². The second-order valence-electron chi connectivity index (χ2n) is 4.37. The molecule has 1 saturated heterocycles. The highest BCUT2D eigenvalue weighted by Crippen LogP contribution is 2.29. The lowest BCUT2D eigenvalue weighted by Gasteiger charge is -2.10. The molecule has 2 rings (SSSR count). The molecule has 0 unspecified atom stereocenters.